The van der Waals surface area contributed by atoms with Gasteiger partial charge in [-0.15, -0.1) is 0 Å². The SMILES string of the molecule is C1=CC2c3cc(-c4ccc5c6ccccc6n(-c6ccccc6)c5c4)ccc3N(c3ccc(-c4cccc5ccccc45)c4oc5ccccc5c34)C2C=C1. The highest BCUT2D eigenvalue weighted by atomic mass is 16.3. The average molecular weight is 703 g/mol. The summed E-state index contributed by atoms with van der Waals surface area (Å²) in [6.07, 6.45) is 9.14. The molecule has 8 aromatic carbocycles. The third kappa shape index (κ3) is 4.44. The zero-order valence-corrected chi connectivity index (χ0v) is 29.9. The number of benzene rings is 8. The van der Waals surface area contributed by atoms with Crippen molar-refractivity contribution in [3.05, 3.63) is 200 Å². The Morgan fingerprint density at radius 3 is 2.11 bits per heavy atom. The van der Waals surface area contributed by atoms with Gasteiger partial charge < -0.3 is 13.9 Å². The second kappa shape index (κ2) is 11.7. The van der Waals surface area contributed by atoms with Crippen LogP contribution in [0, 0.1) is 0 Å². The van der Waals surface area contributed by atoms with Crippen molar-refractivity contribution in [3.8, 4) is 27.9 Å². The number of aromatic nitrogens is 1. The van der Waals surface area contributed by atoms with E-state index >= 15 is 0 Å². The van der Waals surface area contributed by atoms with Gasteiger partial charge in [-0.05, 0) is 87.6 Å². The zero-order valence-electron chi connectivity index (χ0n) is 29.9. The molecule has 55 heavy (non-hydrogen) atoms. The van der Waals surface area contributed by atoms with Crippen LogP contribution in [0.2, 0.25) is 0 Å². The first-order chi connectivity index (χ1) is 27.3. The van der Waals surface area contributed by atoms with Crippen molar-refractivity contribution in [2.75, 3.05) is 4.90 Å². The summed E-state index contributed by atoms with van der Waals surface area (Å²) in [5.41, 5.74) is 13.9. The van der Waals surface area contributed by atoms with Crippen LogP contribution in [0.15, 0.2) is 199 Å². The van der Waals surface area contributed by atoms with Gasteiger partial charge in [-0.1, -0.05) is 140 Å². The maximum absolute atomic E-state index is 6.83. The first-order valence-electron chi connectivity index (χ1n) is 19.1. The van der Waals surface area contributed by atoms with E-state index in [2.05, 4.69) is 204 Å². The molecule has 2 atom stereocenters. The van der Waals surface area contributed by atoms with Gasteiger partial charge in [-0.3, -0.25) is 0 Å². The third-order valence-corrected chi connectivity index (χ3v) is 11.9. The lowest BCUT2D eigenvalue weighted by Gasteiger charge is -2.29. The van der Waals surface area contributed by atoms with Crippen molar-refractivity contribution >= 4 is 65.9 Å². The van der Waals surface area contributed by atoms with E-state index in [1.54, 1.807) is 0 Å². The lowest BCUT2D eigenvalue weighted by molar-refractivity contribution is 0.670. The molecular weight excluding hydrogens is 669 g/mol. The Balaban J connectivity index is 1.04. The third-order valence-electron chi connectivity index (χ3n) is 11.9. The highest BCUT2D eigenvalue weighted by molar-refractivity contribution is 6.18. The van der Waals surface area contributed by atoms with Gasteiger partial charge in [-0.2, -0.15) is 0 Å². The molecule has 3 heteroatoms. The number of anilines is 2. The van der Waals surface area contributed by atoms with Crippen LogP contribution in [0.1, 0.15) is 11.5 Å². The summed E-state index contributed by atoms with van der Waals surface area (Å²) in [4.78, 5) is 2.55. The number of hydrogen-bond donors (Lipinski definition) is 0. The summed E-state index contributed by atoms with van der Waals surface area (Å²) >= 11 is 0. The molecule has 0 saturated carbocycles. The molecule has 3 heterocycles. The second-order valence-corrected chi connectivity index (χ2v) is 14.8. The highest BCUT2D eigenvalue weighted by Gasteiger charge is 2.39. The summed E-state index contributed by atoms with van der Waals surface area (Å²) in [6, 6.07) is 61.9. The maximum Gasteiger partial charge on any atom is 0.145 e. The van der Waals surface area contributed by atoms with Crippen molar-refractivity contribution in [3.63, 3.8) is 0 Å². The second-order valence-electron chi connectivity index (χ2n) is 14.8. The minimum atomic E-state index is 0.138. The highest BCUT2D eigenvalue weighted by Crippen LogP contribution is 2.53. The molecule has 2 aromatic heterocycles. The van der Waals surface area contributed by atoms with Crippen molar-refractivity contribution in [1.82, 2.24) is 4.57 Å². The van der Waals surface area contributed by atoms with Crippen LogP contribution in [0.3, 0.4) is 0 Å². The summed E-state index contributed by atoms with van der Waals surface area (Å²) in [5.74, 6) is 0.213. The Labute approximate surface area is 318 Å². The number of hydrogen-bond acceptors (Lipinski definition) is 2. The molecule has 2 unspecified atom stereocenters. The van der Waals surface area contributed by atoms with Crippen molar-refractivity contribution in [2.45, 2.75) is 12.0 Å². The molecule has 1 aliphatic carbocycles. The van der Waals surface area contributed by atoms with Crippen LogP contribution in [-0.4, -0.2) is 10.6 Å². The van der Waals surface area contributed by atoms with E-state index in [1.807, 2.05) is 0 Å². The van der Waals surface area contributed by atoms with E-state index in [-0.39, 0.29) is 12.0 Å². The molecule has 3 nitrogen and oxygen atoms in total. The fourth-order valence-electron chi connectivity index (χ4n) is 9.49. The van der Waals surface area contributed by atoms with E-state index in [0.717, 1.165) is 27.5 Å². The Kier molecular flexibility index (Phi) is 6.46. The predicted octanol–water partition coefficient (Wildman–Crippen LogP) is 13.9. The van der Waals surface area contributed by atoms with Gasteiger partial charge in [-0.25, -0.2) is 0 Å². The molecule has 2 aliphatic rings. The van der Waals surface area contributed by atoms with Crippen LogP contribution >= 0.6 is 0 Å². The average Bonchev–Trinajstić information content (AvgIpc) is 3.91. The zero-order chi connectivity index (χ0) is 36.0. The Hall–Kier alpha value is -7.10. The fraction of sp³-hybridized carbons (Fsp3) is 0.0385. The van der Waals surface area contributed by atoms with Gasteiger partial charge in [0.1, 0.15) is 11.2 Å². The van der Waals surface area contributed by atoms with Crippen LogP contribution in [0.25, 0.3) is 82.5 Å². The van der Waals surface area contributed by atoms with E-state index in [1.165, 1.54) is 71.9 Å². The Morgan fingerprint density at radius 1 is 0.473 bits per heavy atom. The van der Waals surface area contributed by atoms with Gasteiger partial charge in [0.15, 0.2) is 0 Å². The number of para-hydroxylation sites is 3. The van der Waals surface area contributed by atoms with Gasteiger partial charge in [0.05, 0.1) is 28.1 Å². The Morgan fingerprint density at radius 2 is 1.18 bits per heavy atom. The monoisotopic (exact) mass is 702 g/mol. The van der Waals surface area contributed by atoms with Crippen molar-refractivity contribution in [2.24, 2.45) is 0 Å². The summed E-state index contributed by atoms with van der Waals surface area (Å²) in [7, 11) is 0. The van der Waals surface area contributed by atoms with Gasteiger partial charge in [0.2, 0.25) is 0 Å². The number of furan rings is 1. The minimum absolute atomic E-state index is 0.138. The first-order valence-corrected chi connectivity index (χ1v) is 19.1. The Bertz CT molecular complexity index is 3230. The molecule has 0 amide bonds. The van der Waals surface area contributed by atoms with Gasteiger partial charge in [0, 0.05) is 39.0 Å². The quantitative estimate of drug-likeness (QED) is 0.182. The summed E-state index contributed by atoms with van der Waals surface area (Å²) < 4.78 is 9.23. The molecule has 10 aromatic rings. The van der Waals surface area contributed by atoms with Crippen molar-refractivity contribution < 1.29 is 4.42 Å². The molecule has 0 bridgehead atoms. The first kappa shape index (κ1) is 30.4. The molecule has 0 radical (unpaired) electrons. The standard InChI is InChI=1S/C52H34N2O/c1-2-15-36(16-3-1)53-45-22-9-6-18-39(45)41-27-25-35(32-49(41)53)34-26-29-47-44(31-34)40-19-7-10-23-46(40)54(47)48-30-28-42(38-21-12-14-33-13-4-5-17-37(33)38)52-51(48)43-20-8-11-24-50(43)55-52/h1-32,40,46H. The molecule has 0 fully saturated rings. The lowest BCUT2D eigenvalue weighted by Crippen LogP contribution is -2.28. The van der Waals surface area contributed by atoms with E-state index in [4.69, 9.17) is 4.42 Å². The molecule has 1 aliphatic heterocycles. The van der Waals surface area contributed by atoms with Crippen LogP contribution in [-0.2, 0) is 0 Å². The van der Waals surface area contributed by atoms with E-state index < -0.39 is 0 Å². The lowest BCUT2D eigenvalue weighted by atomic mass is 9.89. The van der Waals surface area contributed by atoms with E-state index in [0.29, 0.717) is 0 Å². The van der Waals surface area contributed by atoms with Gasteiger partial charge in [0.25, 0.3) is 0 Å². The normalized spacial score (nSPS) is 16.2. The minimum Gasteiger partial charge on any atom is -0.455 e. The smallest absolute Gasteiger partial charge is 0.145 e. The predicted molar refractivity (Wildman–Crippen MR) is 230 cm³/mol. The van der Waals surface area contributed by atoms with Crippen LogP contribution in [0.4, 0.5) is 11.4 Å². The van der Waals surface area contributed by atoms with Crippen LogP contribution < -0.4 is 4.90 Å². The maximum atomic E-state index is 6.83. The van der Waals surface area contributed by atoms with Crippen molar-refractivity contribution in [1.29, 1.82) is 0 Å². The molecule has 0 N–H and O–H groups in total. The van der Waals surface area contributed by atoms with E-state index in [9.17, 15) is 0 Å². The fourth-order valence-corrected chi connectivity index (χ4v) is 9.49. The molecular formula is C52H34N2O. The summed E-state index contributed by atoms with van der Waals surface area (Å²) in [5, 5.41) is 7.26. The molecule has 0 spiro atoms. The molecule has 0 saturated heterocycles. The topological polar surface area (TPSA) is 21.3 Å². The van der Waals surface area contributed by atoms with Gasteiger partial charge >= 0.3 is 0 Å². The number of rotatable bonds is 4. The molecule has 258 valence electrons. The summed E-state index contributed by atoms with van der Waals surface area (Å²) in [6.45, 7) is 0. The van der Waals surface area contributed by atoms with Crippen LogP contribution in [0.5, 0.6) is 0 Å². The molecule has 12 rings (SSSR count). The largest absolute Gasteiger partial charge is 0.455 e. The number of allylic oxidation sites excluding steroid dienone is 2. The number of nitrogens with zero attached hydrogens (tertiary/aromatic N) is 2. The number of fused-ring (bicyclic) bond motifs is 10.